The van der Waals surface area contributed by atoms with E-state index in [1.807, 2.05) is 28.8 Å². The molecule has 2 aromatic carbocycles. The van der Waals surface area contributed by atoms with Gasteiger partial charge in [0.1, 0.15) is 5.65 Å². The van der Waals surface area contributed by atoms with E-state index in [0.717, 1.165) is 36.3 Å². The lowest BCUT2D eigenvalue weighted by Crippen LogP contribution is -2.17. The Morgan fingerprint density at radius 3 is 2.70 bits per heavy atom. The smallest absolute Gasteiger partial charge is 0.322 e. The number of nitrogens with one attached hydrogen (secondary N) is 2. The molecule has 0 radical (unpaired) electrons. The number of benzene rings is 2. The number of fused-ring (bicyclic) bond motifs is 1. The van der Waals surface area contributed by atoms with E-state index < -0.39 is 17.6 Å². The van der Waals surface area contributed by atoms with Crippen LogP contribution in [-0.4, -0.2) is 21.3 Å². The Balaban J connectivity index is 1.16. The van der Waals surface area contributed by atoms with Gasteiger partial charge in [-0.3, -0.25) is 4.79 Å². The predicted molar refractivity (Wildman–Crippen MR) is 119 cm³/mol. The number of anilines is 1. The van der Waals surface area contributed by atoms with Gasteiger partial charge in [0.15, 0.2) is 0 Å². The van der Waals surface area contributed by atoms with Crippen molar-refractivity contribution in [1.29, 1.82) is 0 Å². The van der Waals surface area contributed by atoms with E-state index in [0.29, 0.717) is 17.6 Å². The van der Waals surface area contributed by atoms with Crippen molar-refractivity contribution in [1.82, 2.24) is 14.7 Å². The van der Waals surface area contributed by atoms with Gasteiger partial charge >= 0.3 is 6.18 Å². The van der Waals surface area contributed by atoms with Crippen molar-refractivity contribution in [2.75, 3.05) is 5.32 Å². The lowest BCUT2D eigenvalue weighted by atomic mass is 10.1. The van der Waals surface area contributed by atoms with Crippen molar-refractivity contribution in [3.05, 3.63) is 102 Å². The summed E-state index contributed by atoms with van der Waals surface area (Å²) in [7, 11) is 0. The van der Waals surface area contributed by atoms with Gasteiger partial charge in [0.05, 0.1) is 5.56 Å². The number of carbonyl (C=O) groups is 1. The predicted octanol–water partition coefficient (Wildman–Crippen LogP) is 5.25. The second-order valence-corrected chi connectivity index (χ2v) is 8.21. The number of amides is 1. The van der Waals surface area contributed by atoms with E-state index in [1.54, 1.807) is 18.3 Å². The fraction of sp³-hybridized carbons (Fsp3) is 0.200. The number of hydrogen-bond acceptors (Lipinski definition) is 3. The van der Waals surface area contributed by atoms with Crippen molar-refractivity contribution in [3.8, 4) is 0 Å². The van der Waals surface area contributed by atoms with Crippen LogP contribution in [0.1, 0.15) is 39.4 Å². The molecule has 0 aliphatic heterocycles. The van der Waals surface area contributed by atoms with E-state index >= 15 is 0 Å². The van der Waals surface area contributed by atoms with Crippen LogP contribution in [0.5, 0.6) is 0 Å². The van der Waals surface area contributed by atoms with Crippen LogP contribution < -0.4 is 10.6 Å². The topological polar surface area (TPSA) is 58.4 Å². The van der Waals surface area contributed by atoms with Crippen LogP contribution in [0.4, 0.5) is 18.9 Å². The van der Waals surface area contributed by atoms with E-state index in [-0.39, 0.29) is 5.56 Å². The van der Waals surface area contributed by atoms with Crippen LogP contribution in [0, 0.1) is 0 Å². The number of imidazole rings is 1. The highest BCUT2D eigenvalue weighted by Crippen LogP contribution is 2.41. The van der Waals surface area contributed by atoms with Gasteiger partial charge < -0.3 is 15.0 Å². The molecule has 0 saturated heterocycles. The van der Waals surface area contributed by atoms with Crippen LogP contribution in [0.2, 0.25) is 0 Å². The maximum Gasteiger partial charge on any atom is 0.416 e. The Morgan fingerprint density at radius 2 is 1.91 bits per heavy atom. The molecular weight excluding hydrogens is 429 g/mol. The summed E-state index contributed by atoms with van der Waals surface area (Å²) in [4.78, 5) is 16.6. The van der Waals surface area contributed by atoms with E-state index in [1.165, 1.54) is 17.7 Å². The molecule has 1 aliphatic rings. The van der Waals surface area contributed by atoms with Crippen molar-refractivity contribution in [3.63, 3.8) is 0 Å². The molecule has 0 bridgehead atoms. The number of aromatic nitrogens is 2. The molecule has 4 aromatic rings. The van der Waals surface area contributed by atoms with Crippen molar-refractivity contribution in [2.45, 2.75) is 31.1 Å². The van der Waals surface area contributed by atoms with Crippen molar-refractivity contribution in [2.24, 2.45) is 0 Å². The van der Waals surface area contributed by atoms with Crippen LogP contribution in [0.25, 0.3) is 5.65 Å². The summed E-state index contributed by atoms with van der Waals surface area (Å²) in [6, 6.07) is 16.3. The summed E-state index contributed by atoms with van der Waals surface area (Å²) in [6.07, 6.45) is 2.30. The second kappa shape index (κ2) is 8.37. The van der Waals surface area contributed by atoms with Crippen molar-refractivity contribution >= 4 is 17.2 Å². The second-order valence-electron chi connectivity index (χ2n) is 8.21. The van der Waals surface area contributed by atoms with Crippen LogP contribution >= 0.6 is 0 Å². The maximum atomic E-state index is 12.9. The number of hydrogen-bond donors (Lipinski definition) is 2. The van der Waals surface area contributed by atoms with Gasteiger partial charge in [0.25, 0.3) is 5.91 Å². The average Bonchev–Trinajstić information content (AvgIpc) is 3.43. The molecule has 33 heavy (non-hydrogen) atoms. The van der Waals surface area contributed by atoms with Gasteiger partial charge in [-0.05, 0) is 53.9 Å². The largest absolute Gasteiger partial charge is 0.416 e. The van der Waals surface area contributed by atoms with Gasteiger partial charge in [-0.2, -0.15) is 13.2 Å². The highest BCUT2D eigenvalue weighted by molar-refractivity contribution is 6.04. The molecule has 1 amide bonds. The Kier molecular flexibility index (Phi) is 5.38. The molecule has 5 rings (SSSR count). The highest BCUT2D eigenvalue weighted by Gasteiger charge is 2.37. The van der Waals surface area contributed by atoms with Gasteiger partial charge in [0, 0.05) is 48.3 Å². The first-order valence-corrected chi connectivity index (χ1v) is 10.6. The molecule has 168 valence electrons. The third-order valence-corrected chi connectivity index (χ3v) is 5.86. The summed E-state index contributed by atoms with van der Waals surface area (Å²) in [5, 5.41) is 6.23. The SMILES string of the molecule is O=C(Nc1ccc(C2CC2NCc2ccc3nccn3c2)cc1)c1cccc(C(F)(F)F)c1. The number of pyridine rings is 1. The molecule has 2 heterocycles. The van der Waals surface area contributed by atoms with Crippen LogP contribution in [0.3, 0.4) is 0 Å². The van der Waals surface area contributed by atoms with E-state index in [4.69, 9.17) is 0 Å². The van der Waals surface area contributed by atoms with Gasteiger partial charge in [-0.1, -0.05) is 24.3 Å². The quantitative estimate of drug-likeness (QED) is 0.422. The lowest BCUT2D eigenvalue weighted by Gasteiger charge is -2.10. The molecule has 2 unspecified atom stereocenters. The first-order chi connectivity index (χ1) is 15.9. The maximum absolute atomic E-state index is 12.9. The fourth-order valence-corrected chi connectivity index (χ4v) is 3.96. The summed E-state index contributed by atoms with van der Waals surface area (Å²) >= 11 is 0. The molecular formula is C25H21F3N4O. The van der Waals surface area contributed by atoms with Crippen molar-refractivity contribution < 1.29 is 18.0 Å². The molecule has 0 spiro atoms. The standard InChI is InChI=1S/C25H21F3N4O/c26-25(27,28)19-3-1-2-18(12-19)24(33)31-20-7-5-17(6-8-20)21-13-22(21)30-14-16-4-9-23-29-10-11-32(23)15-16/h1-12,15,21-22,30H,13-14H2,(H,31,33). The molecule has 2 atom stereocenters. The zero-order valence-corrected chi connectivity index (χ0v) is 17.5. The Hall–Kier alpha value is -3.65. The zero-order chi connectivity index (χ0) is 23.0. The summed E-state index contributed by atoms with van der Waals surface area (Å²) in [5.74, 6) is -0.176. The van der Waals surface area contributed by atoms with Crippen LogP contribution in [0.15, 0.2) is 79.3 Å². The Labute approximate surface area is 188 Å². The van der Waals surface area contributed by atoms with Gasteiger partial charge in [0.2, 0.25) is 0 Å². The monoisotopic (exact) mass is 450 g/mol. The number of halogens is 3. The molecule has 1 saturated carbocycles. The third kappa shape index (κ3) is 4.75. The third-order valence-electron chi connectivity index (χ3n) is 5.86. The van der Waals surface area contributed by atoms with Gasteiger partial charge in [-0.15, -0.1) is 0 Å². The average molecular weight is 450 g/mol. The highest BCUT2D eigenvalue weighted by atomic mass is 19.4. The number of alkyl halides is 3. The first kappa shape index (κ1) is 21.2. The minimum Gasteiger partial charge on any atom is -0.322 e. The minimum atomic E-state index is -4.49. The normalized spacial score (nSPS) is 17.8. The lowest BCUT2D eigenvalue weighted by molar-refractivity contribution is -0.137. The Morgan fingerprint density at radius 1 is 1.09 bits per heavy atom. The van der Waals surface area contributed by atoms with E-state index in [9.17, 15) is 18.0 Å². The molecule has 2 aromatic heterocycles. The molecule has 5 nitrogen and oxygen atoms in total. The minimum absolute atomic E-state index is 0.0331. The molecule has 2 N–H and O–H groups in total. The van der Waals surface area contributed by atoms with Gasteiger partial charge in [-0.25, -0.2) is 4.98 Å². The van der Waals surface area contributed by atoms with E-state index in [2.05, 4.69) is 27.9 Å². The number of rotatable bonds is 6. The molecule has 1 fully saturated rings. The Bertz CT molecular complexity index is 1300. The summed E-state index contributed by atoms with van der Waals surface area (Å²) < 4.78 is 40.6. The zero-order valence-electron chi connectivity index (χ0n) is 17.5. The summed E-state index contributed by atoms with van der Waals surface area (Å²) in [5.41, 5.74) is 2.92. The fourth-order valence-electron chi connectivity index (χ4n) is 3.96. The number of carbonyl (C=O) groups excluding carboxylic acids is 1. The number of nitrogens with zero attached hydrogens (tertiary/aromatic N) is 2. The van der Waals surface area contributed by atoms with Crippen LogP contribution in [-0.2, 0) is 12.7 Å². The summed E-state index contributed by atoms with van der Waals surface area (Å²) in [6.45, 7) is 0.764. The molecule has 1 aliphatic carbocycles. The first-order valence-electron chi connectivity index (χ1n) is 10.6. The molecule has 8 heteroatoms.